The maximum Gasteiger partial charge on any atom is 0.248 e. The topological polar surface area (TPSA) is 53.1 Å². The molecule has 0 amide bonds. The van der Waals surface area contributed by atoms with Gasteiger partial charge in [-0.1, -0.05) is 26.2 Å². The molecular formula is C15H19NO2. The van der Waals surface area contributed by atoms with Crippen LogP contribution in [0.15, 0.2) is 29.1 Å². The van der Waals surface area contributed by atoms with Crippen LogP contribution in [0.2, 0.25) is 0 Å². The van der Waals surface area contributed by atoms with Gasteiger partial charge in [-0.15, -0.1) is 0 Å². The first kappa shape index (κ1) is 12.7. The Morgan fingerprint density at radius 3 is 2.78 bits per heavy atom. The molecular weight excluding hydrogens is 226 g/mol. The van der Waals surface area contributed by atoms with Crippen LogP contribution in [0.5, 0.6) is 5.75 Å². The zero-order valence-corrected chi connectivity index (χ0v) is 10.7. The Morgan fingerprint density at radius 1 is 1.17 bits per heavy atom. The molecule has 18 heavy (non-hydrogen) atoms. The predicted molar refractivity (Wildman–Crippen MR) is 74.1 cm³/mol. The Kier molecular flexibility index (Phi) is 4.03. The molecule has 0 aliphatic heterocycles. The maximum absolute atomic E-state index is 11.3. The molecule has 0 radical (unpaired) electrons. The lowest BCUT2D eigenvalue weighted by molar-refractivity contribution is 0.480. The van der Waals surface area contributed by atoms with Gasteiger partial charge in [-0.2, -0.15) is 0 Å². The molecule has 2 rings (SSSR count). The van der Waals surface area contributed by atoms with E-state index in [1.165, 1.54) is 25.3 Å². The zero-order valence-electron chi connectivity index (χ0n) is 10.7. The van der Waals surface area contributed by atoms with E-state index in [4.69, 9.17) is 0 Å². The predicted octanol–water partition coefficient (Wildman–Crippen LogP) is 3.36. The lowest BCUT2D eigenvalue weighted by atomic mass is 10.0. The van der Waals surface area contributed by atoms with Crippen molar-refractivity contribution in [3.05, 3.63) is 40.2 Å². The van der Waals surface area contributed by atoms with Crippen molar-refractivity contribution in [1.82, 2.24) is 4.98 Å². The summed E-state index contributed by atoms with van der Waals surface area (Å²) in [7, 11) is 0. The Hall–Kier alpha value is -1.77. The maximum atomic E-state index is 11.3. The van der Waals surface area contributed by atoms with Crippen LogP contribution < -0.4 is 5.56 Å². The van der Waals surface area contributed by atoms with Gasteiger partial charge >= 0.3 is 0 Å². The van der Waals surface area contributed by atoms with Gasteiger partial charge in [-0.05, 0) is 36.6 Å². The van der Waals surface area contributed by atoms with Crippen molar-refractivity contribution in [3.8, 4) is 5.75 Å². The Bertz CT molecular complexity index is 587. The molecule has 0 fully saturated rings. The Morgan fingerprint density at radius 2 is 2.00 bits per heavy atom. The van der Waals surface area contributed by atoms with E-state index in [2.05, 4.69) is 11.9 Å². The number of fused-ring (bicyclic) bond motifs is 1. The summed E-state index contributed by atoms with van der Waals surface area (Å²) in [5.41, 5.74) is 1.66. The first-order valence-electron chi connectivity index (χ1n) is 6.55. The molecule has 1 aromatic heterocycles. The number of aromatic nitrogens is 1. The number of phenolic OH excluding ortho intramolecular Hbond substituents is 1. The first-order valence-corrected chi connectivity index (χ1v) is 6.55. The van der Waals surface area contributed by atoms with E-state index in [-0.39, 0.29) is 11.3 Å². The molecule has 3 nitrogen and oxygen atoms in total. The number of aromatic hydroxyl groups is 1. The highest BCUT2D eigenvalue weighted by Gasteiger charge is 2.03. The highest BCUT2D eigenvalue weighted by Crippen LogP contribution is 2.25. The lowest BCUT2D eigenvalue weighted by Gasteiger charge is -2.06. The number of aryl methyl sites for hydroxylation is 1. The first-order chi connectivity index (χ1) is 8.70. The SMILES string of the molecule is CCCCCCc1cc(O)c2ccc(=O)[nH]c2c1. The lowest BCUT2D eigenvalue weighted by Crippen LogP contribution is -2.02. The van der Waals surface area contributed by atoms with Gasteiger partial charge in [0.25, 0.3) is 0 Å². The summed E-state index contributed by atoms with van der Waals surface area (Å²) in [6, 6.07) is 6.85. The van der Waals surface area contributed by atoms with Crippen LogP contribution in [0, 0.1) is 0 Å². The molecule has 0 spiro atoms. The number of aromatic amines is 1. The average Bonchev–Trinajstić information content (AvgIpc) is 2.34. The number of phenols is 1. The normalized spacial score (nSPS) is 10.9. The van der Waals surface area contributed by atoms with Crippen molar-refractivity contribution in [2.45, 2.75) is 39.0 Å². The minimum absolute atomic E-state index is 0.134. The number of hydrogen-bond donors (Lipinski definition) is 2. The van der Waals surface area contributed by atoms with Gasteiger partial charge in [0.15, 0.2) is 0 Å². The number of pyridine rings is 1. The molecule has 0 atom stereocenters. The van der Waals surface area contributed by atoms with Crippen LogP contribution in [-0.2, 0) is 6.42 Å². The van der Waals surface area contributed by atoms with Gasteiger partial charge in [0.1, 0.15) is 5.75 Å². The fourth-order valence-electron chi connectivity index (χ4n) is 2.21. The quantitative estimate of drug-likeness (QED) is 0.794. The van der Waals surface area contributed by atoms with E-state index in [1.807, 2.05) is 6.07 Å². The Labute approximate surface area is 106 Å². The number of nitrogens with one attached hydrogen (secondary N) is 1. The fourth-order valence-corrected chi connectivity index (χ4v) is 2.21. The van der Waals surface area contributed by atoms with Gasteiger partial charge < -0.3 is 10.1 Å². The molecule has 0 bridgehead atoms. The van der Waals surface area contributed by atoms with Gasteiger partial charge in [-0.3, -0.25) is 4.79 Å². The number of hydrogen-bond acceptors (Lipinski definition) is 2. The smallest absolute Gasteiger partial charge is 0.248 e. The van der Waals surface area contributed by atoms with E-state index in [1.54, 1.807) is 12.1 Å². The van der Waals surface area contributed by atoms with Crippen molar-refractivity contribution >= 4 is 10.9 Å². The third kappa shape index (κ3) is 2.92. The highest BCUT2D eigenvalue weighted by atomic mass is 16.3. The largest absolute Gasteiger partial charge is 0.507 e. The summed E-state index contributed by atoms with van der Waals surface area (Å²) in [6.07, 6.45) is 5.74. The third-order valence-electron chi connectivity index (χ3n) is 3.20. The van der Waals surface area contributed by atoms with E-state index in [0.717, 1.165) is 18.4 Å². The summed E-state index contributed by atoms with van der Waals surface area (Å²) >= 11 is 0. The number of benzene rings is 1. The summed E-state index contributed by atoms with van der Waals surface area (Å²) in [5.74, 6) is 0.245. The molecule has 2 aromatic rings. The van der Waals surface area contributed by atoms with Crippen LogP contribution in [0.3, 0.4) is 0 Å². The summed E-state index contributed by atoms with van der Waals surface area (Å²) in [4.78, 5) is 14.0. The summed E-state index contributed by atoms with van der Waals surface area (Å²) in [5, 5.41) is 10.6. The van der Waals surface area contributed by atoms with Crippen LogP contribution in [0.4, 0.5) is 0 Å². The van der Waals surface area contributed by atoms with Gasteiger partial charge in [-0.25, -0.2) is 0 Å². The van der Waals surface area contributed by atoms with Crippen LogP contribution in [-0.4, -0.2) is 10.1 Å². The molecule has 0 aliphatic carbocycles. The molecule has 0 saturated heterocycles. The van der Waals surface area contributed by atoms with Crippen LogP contribution in [0.1, 0.15) is 38.2 Å². The van der Waals surface area contributed by atoms with Crippen molar-refractivity contribution in [2.24, 2.45) is 0 Å². The monoisotopic (exact) mass is 245 g/mol. The van der Waals surface area contributed by atoms with Gasteiger partial charge in [0.05, 0.1) is 5.52 Å². The summed E-state index contributed by atoms with van der Waals surface area (Å²) in [6.45, 7) is 2.19. The van der Waals surface area contributed by atoms with Crippen molar-refractivity contribution < 1.29 is 5.11 Å². The minimum Gasteiger partial charge on any atom is -0.507 e. The number of rotatable bonds is 5. The van der Waals surface area contributed by atoms with Crippen molar-refractivity contribution in [3.63, 3.8) is 0 Å². The van der Waals surface area contributed by atoms with Crippen molar-refractivity contribution in [2.75, 3.05) is 0 Å². The second-order valence-electron chi connectivity index (χ2n) is 4.71. The number of H-pyrrole nitrogens is 1. The molecule has 96 valence electrons. The van der Waals surface area contributed by atoms with E-state index >= 15 is 0 Å². The van der Waals surface area contributed by atoms with E-state index in [0.29, 0.717) is 10.9 Å². The van der Waals surface area contributed by atoms with Crippen molar-refractivity contribution in [1.29, 1.82) is 0 Å². The van der Waals surface area contributed by atoms with E-state index in [9.17, 15) is 9.90 Å². The van der Waals surface area contributed by atoms with E-state index < -0.39 is 0 Å². The average molecular weight is 245 g/mol. The summed E-state index contributed by atoms with van der Waals surface area (Å²) < 4.78 is 0. The third-order valence-corrected chi connectivity index (χ3v) is 3.20. The van der Waals surface area contributed by atoms with Gasteiger partial charge in [0.2, 0.25) is 5.56 Å². The molecule has 1 aromatic carbocycles. The van der Waals surface area contributed by atoms with Crippen LogP contribution >= 0.6 is 0 Å². The Balaban J connectivity index is 2.22. The molecule has 2 N–H and O–H groups in total. The second kappa shape index (κ2) is 5.71. The molecule has 1 heterocycles. The zero-order chi connectivity index (χ0) is 13.0. The van der Waals surface area contributed by atoms with Crippen LogP contribution in [0.25, 0.3) is 10.9 Å². The molecule has 3 heteroatoms. The highest BCUT2D eigenvalue weighted by molar-refractivity contribution is 5.85. The van der Waals surface area contributed by atoms with Gasteiger partial charge in [0, 0.05) is 11.5 Å². The molecule has 0 saturated carbocycles. The molecule has 0 aliphatic rings. The molecule has 0 unspecified atom stereocenters. The fraction of sp³-hybridized carbons (Fsp3) is 0.400. The minimum atomic E-state index is -0.134. The standard InChI is InChI=1S/C15H19NO2/c1-2-3-4-5-6-11-9-13-12(14(17)10-11)7-8-15(18)16-13/h7-10,17H,2-6H2,1H3,(H,16,18). The second-order valence-corrected chi connectivity index (χ2v) is 4.71. The number of unbranched alkanes of at least 4 members (excludes halogenated alkanes) is 3.